The zero-order valence-electron chi connectivity index (χ0n) is 18.0. The Hall–Kier alpha value is -3.14. The molecule has 0 aromatic heterocycles. The highest BCUT2D eigenvalue weighted by atomic mass is 16.4. The maximum Gasteiger partial charge on any atom is 0.248 e. The molecule has 3 aromatic carbocycles. The second kappa shape index (κ2) is 6.98. The molecule has 4 heteroatoms. The fourth-order valence-electron chi connectivity index (χ4n) is 4.56. The Bertz CT molecular complexity index is 1190. The van der Waals surface area contributed by atoms with Crippen LogP contribution in [-0.2, 0) is 10.8 Å². The molecular formula is C26H28N2O2. The molecule has 0 aliphatic heterocycles. The van der Waals surface area contributed by atoms with E-state index in [0.717, 1.165) is 34.7 Å². The van der Waals surface area contributed by atoms with Crippen molar-refractivity contribution in [3.05, 3.63) is 82.4 Å². The van der Waals surface area contributed by atoms with Gasteiger partial charge >= 0.3 is 0 Å². The summed E-state index contributed by atoms with van der Waals surface area (Å²) in [5.74, 6) is -0.446. The first-order valence-electron chi connectivity index (χ1n) is 10.3. The van der Waals surface area contributed by atoms with Gasteiger partial charge in [-0.15, -0.1) is 0 Å². The largest absolute Gasteiger partial charge is 0.410 e. The Labute approximate surface area is 177 Å². The van der Waals surface area contributed by atoms with Gasteiger partial charge in [0.25, 0.3) is 0 Å². The molecule has 0 unspecified atom stereocenters. The number of nitrogens with two attached hydrogens (primary N) is 1. The highest BCUT2D eigenvalue weighted by Gasteiger charge is 2.37. The number of fused-ring (bicyclic) bond motifs is 2. The average molecular weight is 401 g/mol. The molecule has 4 nitrogen and oxygen atoms in total. The first-order chi connectivity index (χ1) is 14.1. The summed E-state index contributed by atoms with van der Waals surface area (Å²) < 4.78 is 0. The summed E-state index contributed by atoms with van der Waals surface area (Å²) >= 11 is 0. The van der Waals surface area contributed by atoms with Crippen molar-refractivity contribution in [2.24, 2.45) is 10.9 Å². The lowest BCUT2D eigenvalue weighted by Gasteiger charge is -2.42. The van der Waals surface area contributed by atoms with Crippen LogP contribution in [0.4, 0.5) is 0 Å². The minimum absolute atomic E-state index is 0.0793. The van der Waals surface area contributed by atoms with E-state index in [1.165, 1.54) is 11.1 Å². The fraction of sp³-hybridized carbons (Fsp3) is 0.308. The van der Waals surface area contributed by atoms with Gasteiger partial charge in [0.05, 0.1) is 0 Å². The number of primary amides is 1. The molecule has 0 fully saturated rings. The molecule has 4 rings (SSSR count). The SMILES string of the molecule is CC1(C)CCC(C)(C)c2cc(C(=NO)c3ccc4cc(C(N)=O)ccc4c3)ccc21. The van der Waals surface area contributed by atoms with Gasteiger partial charge in [-0.3, -0.25) is 4.79 Å². The summed E-state index contributed by atoms with van der Waals surface area (Å²) in [5, 5.41) is 15.4. The van der Waals surface area contributed by atoms with E-state index in [4.69, 9.17) is 5.73 Å². The molecule has 0 bridgehead atoms. The third kappa shape index (κ3) is 3.36. The minimum atomic E-state index is -0.446. The predicted molar refractivity (Wildman–Crippen MR) is 122 cm³/mol. The van der Waals surface area contributed by atoms with Crippen LogP contribution >= 0.6 is 0 Å². The van der Waals surface area contributed by atoms with E-state index in [0.29, 0.717) is 11.3 Å². The summed E-state index contributed by atoms with van der Waals surface area (Å²) in [6.07, 6.45) is 2.28. The van der Waals surface area contributed by atoms with Gasteiger partial charge in [0.1, 0.15) is 5.71 Å². The average Bonchev–Trinajstić information content (AvgIpc) is 2.71. The summed E-state index contributed by atoms with van der Waals surface area (Å²) in [6.45, 7) is 9.16. The van der Waals surface area contributed by atoms with Gasteiger partial charge in [-0.1, -0.05) is 63.2 Å². The van der Waals surface area contributed by atoms with Crippen molar-refractivity contribution >= 4 is 22.4 Å². The second-order valence-corrected chi connectivity index (χ2v) is 9.62. The molecular weight excluding hydrogens is 372 g/mol. The molecule has 1 aliphatic rings. The van der Waals surface area contributed by atoms with E-state index in [2.05, 4.69) is 51.0 Å². The van der Waals surface area contributed by atoms with Crippen molar-refractivity contribution in [1.82, 2.24) is 0 Å². The summed E-state index contributed by atoms with van der Waals surface area (Å²) in [7, 11) is 0. The summed E-state index contributed by atoms with van der Waals surface area (Å²) in [4.78, 5) is 11.4. The number of benzene rings is 3. The van der Waals surface area contributed by atoms with Crippen LogP contribution in [0.3, 0.4) is 0 Å². The Balaban J connectivity index is 1.80. The first-order valence-corrected chi connectivity index (χ1v) is 10.3. The molecule has 3 N–H and O–H groups in total. The number of hydrogen-bond acceptors (Lipinski definition) is 3. The van der Waals surface area contributed by atoms with Gasteiger partial charge in [-0.05, 0) is 69.8 Å². The highest BCUT2D eigenvalue weighted by molar-refractivity contribution is 6.14. The zero-order valence-corrected chi connectivity index (χ0v) is 18.0. The van der Waals surface area contributed by atoms with Crippen LogP contribution < -0.4 is 5.73 Å². The van der Waals surface area contributed by atoms with Crippen molar-refractivity contribution < 1.29 is 10.0 Å². The van der Waals surface area contributed by atoms with Crippen LogP contribution in [0, 0.1) is 0 Å². The van der Waals surface area contributed by atoms with Gasteiger partial charge < -0.3 is 10.9 Å². The Morgan fingerprint density at radius 1 is 0.800 bits per heavy atom. The van der Waals surface area contributed by atoms with Gasteiger partial charge in [0.2, 0.25) is 5.91 Å². The molecule has 0 heterocycles. The molecule has 1 amide bonds. The number of nitrogens with zero attached hydrogens (tertiary/aromatic N) is 1. The molecule has 0 atom stereocenters. The maximum atomic E-state index is 11.4. The molecule has 1 aliphatic carbocycles. The highest BCUT2D eigenvalue weighted by Crippen LogP contribution is 2.46. The van der Waals surface area contributed by atoms with E-state index in [1.54, 1.807) is 12.1 Å². The van der Waals surface area contributed by atoms with Crippen molar-refractivity contribution in [2.75, 3.05) is 0 Å². The molecule has 0 spiro atoms. The van der Waals surface area contributed by atoms with Gasteiger partial charge in [-0.2, -0.15) is 0 Å². The van der Waals surface area contributed by atoms with Gasteiger partial charge in [0.15, 0.2) is 0 Å². The lowest BCUT2D eigenvalue weighted by atomic mass is 9.63. The number of carbonyl (C=O) groups excluding carboxylic acids is 1. The van der Waals surface area contributed by atoms with Crippen LogP contribution in [0.15, 0.2) is 59.8 Å². The van der Waals surface area contributed by atoms with E-state index in [9.17, 15) is 10.0 Å². The van der Waals surface area contributed by atoms with E-state index in [1.807, 2.05) is 24.3 Å². The molecule has 0 radical (unpaired) electrons. The lowest BCUT2D eigenvalue weighted by molar-refractivity contribution is 0.100. The van der Waals surface area contributed by atoms with Crippen LogP contribution in [0.1, 0.15) is 73.1 Å². The van der Waals surface area contributed by atoms with Crippen molar-refractivity contribution in [3.8, 4) is 0 Å². The third-order valence-corrected chi connectivity index (χ3v) is 6.62. The predicted octanol–water partition coefficient (Wildman–Crippen LogP) is 5.51. The number of hydrogen-bond donors (Lipinski definition) is 2. The second-order valence-electron chi connectivity index (χ2n) is 9.62. The van der Waals surface area contributed by atoms with Gasteiger partial charge in [0, 0.05) is 16.7 Å². The smallest absolute Gasteiger partial charge is 0.248 e. The molecule has 30 heavy (non-hydrogen) atoms. The Morgan fingerprint density at radius 2 is 1.30 bits per heavy atom. The quantitative estimate of drug-likeness (QED) is 0.345. The number of amides is 1. The van der Waals surface area contributed by atoms with E-state index < -0.39 is 5.91 Å². The lowest BCUT2D eigenvalue weighted by Crippen LogP contribution is -2.34. The number of carbonyl (C=O) groups is 1. The van der Waals surface area contributed by atoms with Crippen molar-refractivity contribution in [2.45, 2.75) is 51.4 Å². The van der Waals surface area contributed by atoms with Crippen LogP contribution in [0.2, 0.25) is 0 Å². The number of oxime groups is 1. The topological polar surface area (TPSA) is 75.7 Å². The Morgan fingerprint density at radius 3 is 1.90 bits per heavy atom. The van der Waals surface area contributed by atoms with E-state index >= 15 is 0 Å². The van der Waals surface area contributed by atoms with Crippen LogP contribution in [0.25, 0.3) is 10.8 Å². The third-order valence-electron chi connectivity index (χ3n) is 6.62. The molecule has 0 saturated carbocycles. The molecule has 0 saturated heterocycles. The van der Waals surface area contributed by atoms with Gasteiger partial charge in [-0.25, -0.2) is 0 Å². The zero-order chi connectivity index (χ0) is 21.7. The van der Waals surface area contributed by atoms with Crippen LogP contribution in [-0.4, -0.2) is 16.8 Å². The van der Waals surface area contributed by atoms with Crippen molar-refractivity contribution in [1.29, 1.82) is 0 Å². The standard InChI is InChI=1S/C26H28N2O2/c1-25(2)11-12-26(3,4)22-15-19(9-10-21(22)25)23(28-30)18-7-5-17-14-20(24(27)29)8-6-16(17)13-18/h5-10,13-15,30H,11-12H2,1-4H3,(H2,27,29). The monoisotopic (exact) mass is 400 g/mol. The molecule has 154 valence electrons. The molecule has 3 aromatic rings. The number of rotatable bonds is 3. The fourth-order valence-corrected chi connectivity index (χ4v) is 4.56. The Kier molecular flexibility index (Phi) is 4.69. The maximum absolute atomic E-state index is 11.4. The summed E-state index contributed by atoms with van der Waals surface area (Å²) in [5.41, 5.74) is 11.0. The van der Waals surface area contributed by atoms with Crippen molar-refractivity contribution in [3.63, 3.8) is 0 Å². The summed E-state index contributed by atoms with van der Waals surface area (Å²) in [6, 6.07) is 17.6. The minimum Gasteiger partial charge on any atom is -0.410 e. The normalized spacial score (nSPS) is 17.5. The van der Waals surface area contributed by atoms with E-state index in [-0.39, 0.29) is 10.8 Å². The first kappa shape index (κ1) is 20.1. The van der Waals surface area contributed by atoms with Crippen LogP contribution in [0.5, 0.6) is 0 Å².